The number of nitrogens with zero attached hydrogens (tertiary/aromatic N) is 2. The first-order valence-corrected chi connectivity index (χ1v) is 11.0. The van der Waals surface area contributed by atoms with Crippen molar-refractivity contribution in [2.24, 2.45) is 0 Å². The number of H-pyrrole nitrogens is 1. The number of benzene rings is 2. The Morgan fingerprint density at radius 3 is 2.59 bits per heavy atom. The molecule has 3 heterocycles. The van der Waals surface area contributed by atoms with Gasteiger partial charge in [0.05, 0.1) is 5.69 Å². The lowest BCUT2D eigenvalue weighted by Gasteiger charge is -2.35. The Kier molecular flexibility index (Phi) is 5.31. The number of aromatic nitrogens is 2. The molecule has 0 unspecified atom stereocenters. The molecule has 5 rings (SSSR count). The van der Waals surface area contributed by atoms with Gasteiger partial charge in [0.2, 0.25) is 5.78 Å². The molecule has 2 aromatic carbocycles. The molecule has 160 valence electrons. The number of aromatic amines is 1. The lowest BCUT2D eigenvalue weighted by Crippen LogP contribution is -2.44. The molecule has 1 aliphatic heterocycles. The van der Waals surface area contributed by atoms with Crippen LogP contribution in [0.5, 0.6) is 0 Å². The number of carbonyl (C=O) groups excluding carboxylic acids is 2. The number of rotatable bonds is 5. The van der Waals surface area contributed by atoms with Gasteiger partial charge in [-0.1, -0.05) is 54.6 Å². The second-order valence-corrected chi connectivity index (χ2v) is 8.33. The third kappa shape index (κ3) is 3.71. The highest BCUT2D eigenvalue weighted by Gasteiger charge is 2.37. The maximum Gasteiger partial charge on any atom is 0.290 e. The molecular formula is C27H25N3O2. The van der Waals surface area contributed by atoms with Crippen molar-refractivity contribution in [1.82, 2.24) is 14.9 Å². The van der Waals surface area contributed by atoms with E-state index >= 15 is 0 Å². The molecule has 1 N–H and O–H groups in total. The zero-order chi connectivity index (χ0) is 22.1. The number of aryl methyl sites for hydroxylation is 2. The molecular weight excluding hydrogens is 398 g/mol. The minimum absolute atomic E-state index is 0.201. The highest BCUT2D eigenvalue weighted by atomic mass is 16.2. The molecule has 5 heteroatoms. The molecule has 5 nitrogen and oxygen atoms in total. The lowest BCUT2D eigenvalue weighted by atomic mass is 9.94. The first-order chi connectivity index (χ1) is 15.6. The van der Waals surface area contributed by atoms with Crippen molar-refractivity contribution >= 4 is 22.6 Å². The number of carbonyl (C=O) groups is 2. The van der Waals surface area contributed by atoms with E-state index in [1.165, 1.54) is 10.9 Å². The number of amides is 1. The van der Waals surface area contributed by atoms with Crippen LogP contribution in [0.2, 0.25) is 0 Å². The fourth-order valence-electron chi connectivity index (χ4n) is 4.65. The molecule has 1 amide bonds. The molecule has 0 saturated heterocycles. The van der Waals surface area contributed by atoms with E-state index in [4.69, 9.17) is 4.98 Å². The van der Waals surface area contributed by atoms with Gasteiger partial charge in [0.25, 0.3) is 5.91 Å². The van der Waals surface area contributed by atoms with Crippen molar-refractivity contribution in [2.45, 2.75) is 32.2 Å². The van der Waals surface area contributed by atoms with E-state index in [0.717, 1.165) is 28.2 Å². The van der Waals surface area contributed by atoms with E-state index in [2.05, 4.69) is 11.1 Å². The summed E-state index contributed by atoms with van der Waals surface area (Å²) < 4.78 is 0. The maximum atomic E-state index is 13.3. The number of hydrogen-bond acceptors (Lipinski definition) is 3. The minimum atomic E-state index is -0.432. The average molecular weight is 424 g/mol. The number of Topliss-reactive ketones (excluding diaryl/α,β-unsaturated/α-hetero) is 1. The largest absolute Gasteiger partial charge is 0.356 e. The molecule has 1 atom stereocenters. The molecule has 2 aromatic heterocycles. The Labute approximate surface area is 187 Å². The smallest absolute Gasteiger partial charge is 0.290 e. The standard InChI is InChI=1S/C27H25N3O2/c1-18-8-7-13-23(28-18)26-25-21(20-11-5-6-12-22(20)29-25)16-17-30(26)27(32)24(31)15-14-19-9-3-2-4-10-19/h2-13,26,29H,14-17H2,1H3/t26-/m1/s1. The summed E-state index contributed by atoms with van der Waals surface area (Å²) in [5.74, 6) is -0.787. The van der Waals surface area contributed by atoms with Crippen molar-refractivity contribution in [3.05, 3.63) is 101 Å². The van der Waals surface area contributed by atoms with E-state index in [1.54, 1.807) is 4.90 Å². The fraction of sp³-hybridized carbons (Fsp3) is 0.222. The zero-order valence-electron chi connectivity index (χ0n) is 18.0. The number of para-hydroxylation sites is 1. The van der Waals surface area contributed by atoms with Gasteiger partial charge >= 0.3 is 0 Å². The van der Waals surface area contributed by atoms with Gasteiger partial charge in [-0.25, -0.2) is 0 Å². The Bertz CT molecular complexity index is 1290. The maximum absolute atomic E-state index is 13.3. The van der Waals surface area contributed by atoms with Crippen LogP contribution in [-0.4, -0.2) is 33.1 Å². The van der Waals surface area contributed by atoms with Crippen LogP contribution in [0.1, 0.15) is 40.7 Å². The van der Waals surface area contributed by atoms with Crippen LogP contribution in [0.4, 0.5) is 0 Å². The van der Waals surface area contributed by atoms with E-state index in [1.807, 2.05) is 73.7 Å². The summed E-state index contributed by atoms with van der Waals surface area (Å²) in [5.41, 5.74) is 5.92. The van der Waals surface area contributed by atoms with Crippen molar-refractivity contribution in [3.63, 3.8) is 0 Å². The van der Waals surface area contributed by atoms with Crippen LogP contribution in [0, 0.1) is 6.92 Å². The lowest BCUT2D eigenvalue weighted by molar-refractivity contribution is -0.146. The summed E-state index contributed by atoms with van der Waals surface area (Å²) in [7, 11) is 0. The first kappa shape index (κ1) is 20.2. The molecule has 32 heavy (non-hydrogen) atoms. The zero-order valence-corrected chi connectivity index (χ0v) is 18.0. The summed E-state index contributed by atoms with van der Waals surface area (Å²) >= 11 is 0. The highest BCUT2D eigenvalue weighted by Crippen LogP contribution is 2.38. The molecule has 0 spiro atoms. The van der Waals surface area contributed by atoms with Gasteiger partial charge < -0.3 is 9.88 Å². The van der Waals surface area contributed by atoms with E-state index in [9.17, 15) is 9.59 Å². The monoisotopic (exact) mass is 423 g/mol. The summed E-state index contributed by atoms with van der Waals surface area (Å²) in [4.78, 5) is 36.2. The van der Waals surface area contributed by atoms with E-state index in [0.29, 0.717) is 19.4 Å². The average Bonchev–Trinajstić information content (AvgIpc) is 3.21. The second-order valence-electron chi connectivity index (χ2n) is 8.33. The second kappa shape index (κ2) is 8.42. The van der Waals surface area contributed by atoms with Crippen LogP contribution >= 0.6 is 0 Å². The topological polar surface area (TPSA) is 66.1 Å². The van der Waals surface area contributed by atoms with Crippen LogP contribution in [0.3, 0.4) is 0 Å². The predicted molar refractivity (Wildman–Crippen MR) is 124 cm³/mol. The Balaban J connectivity index is 1.49. The van der Waals surface area contributed by atoms with E-state index < -0.39 is 11.9 Å². The predicted octanol–water partition coefficient (Wildman–Crippen LogP) is 4.55. The van der Waals surface area contributed by atoms with Gasteiger partial charge in [0, 0.05) is 35.3 Å². The van der Waals surface area contributed by atoms with Crippen LogP contribution in [0.25, 0.3) is 10.9 Å². The van der Waals surface area contributed by atoms with Gasteiger partial charge in [-0.05, 0) is 49.1 Å². The van der Waals surface area contributed by atoms with Crippen molar-refractivity contribution in [1.29, 1.82) is 0 Å². The van der Waals surface area contributed by atoms with Gasteiger partial charge in [0.15, 0.2) is 0 Å². The molecule has 0 bridgehead atoms. The number of nitrogens with one attached hydrogen (secondary N) is 1. The molecule has 0 fully saturated rings. The molecule has 1 aliphatic rings. The Morgan fingerprint density at radius 1 is 1.00 bits per heavy atom. The van der Waals surface area contributed by atoms with Gasteiger partial charge in [0.1, 0.15) is 6.04 Å². The Morgan fingerprint density at radius 2 is 1.78 bits per heavy atom. The van der Waals surface area contributed by atoms with E-state index in [-0.39, 0.29) is 12.2 Å². The van der Waals surface area contributed by atoms with Crippen LogP contribution in [-0.2, 0) is 22.4 Å². The normalized spacial score (nSPS) is 15.5. The van der Waals surface area contributed by atoms with Gasteiger partial charge in [-0.15, -0.1) is 0 Å². The Hall–Kier alpha value is -3.73. The third-order valence-electron chi connectivity index (χ3n) is 6.21. The number of hydrogen-bond donors (Lipinski definition) is 1. The summed E-state index contributed by atoms with van der Waals surface area (Å²) in [6.45, 7) is 2.43. The minimum Gasteiger partial charge on any atom is -0.356 e. The number of pyridine rings is 1. The quantitative estimate of drug-likeness (QED) is 0.479. The van der Waals surface area contributed by atoms with Gasteiger partial charge in [-0.3, -0.25) is 14.6 Å². The van der Waals surface area contributed by atoms with Crippen LogP contribution < -0.4 is 0 Å². The summed E-state index contributed by atoms with van der Waals surface area (Å²) in [6.07, 6.45) is 1.47. The molecule has 4 aromatic rings. The molecule has 0 radical (unpaired) electrons. The first-order valence-electron chi connectivity index (χ1n) is 11.0. The van der Waals surface area contributed by atoms with Crippen molar-refractivity contribution in [3.8, 4) is 0 Å². The summed E-state index contributed by atoms with van der Waals surface area (Å²) in [5, 5.41) is 1.17. The van der Waals surface area contributed by atoms with Gasteiger partial charge in [-0.2, -0.15) is 0 Å². The molecule has 0 aliphatic carbocycles. The summed E-state index contributed by atoms with van der Waals surface area (Å²) in [6, 6.07) is 23.4. The third-order valence-corrected chi connectivity index (χ3v) is 6.21. The van der Waals surface area contributed by atoms with Crippen LogP contribution in [0.15, 0.2) is 72.8 Å². The highest BCUT2D eigenvalue weighted by molar-refractivity contribution is 6.36. The molecule has 0 saturated carbocycles. The SMILES string of the molecule is Cc1cccc([C@@H]2c3[nH]c4ccccc4c3CCN2C(=O)C(=O)CCc2ccccc2)n1. The van der Waals surface area contributed by atoms with Crippen molar-refractivity contribution in [2.75, 3.05) is 6.54 Å². The van der Waals surface area contributed by atoms with Crippen molar-refractivity contribution < 1.29 is 9.59 Å². The fourth-order valence-corrected chi connectivity index (χ4v) is 4.65. The number of ketones is 1. The number of fused-ring (bicyclic) bond motifs is 3.